The molecule has 4 aromatic rings. The van der Waals surface area contributed by atoms with Crippen molar-refractivity contribution in [3.8, 4) is 11.3 Å². The van der Waals surface area contributed by atoms with Crippen LogP contribution >= 0.6 is 0 Å². The van der Waals surface area contributed by atoms with Crippen LogP contribution in [0.1, 0.15) is 35.9 Å². The van der Waals surface area contributed by atoms with Gasteiger partial charge in [0, 0.05) is 48.3 Å². The largest absolute Gasteiger partial charge is 0.361 e. The maximum atomic E-state index is 5.46. The molecule has 152 valence electrons. The lowest BCUT2D eigenvalue weighted by atomic mass is 10.1. The number of aromatic amines is 1. The number of hydrogen-bond donors (Lipinski definition) is 3. The summed E-state index contributed by atoms with van der Waals surface area (Å²) in [5, 5.41) is 18.1. The van der Waals surface area contributed by atoms with E-state index in [1.165, 1.54) is 12.8 Å². The highest BCUT2D eigenvalue weighted by molar-refractivity contribution is 5.58. The maximum Gasteiger partial charge on any atom is 0.224 e. The molecule has 0 amide bonds. The van der Waals surface area contributed by atoms with E-state index in [2.05, 4.69) is 42.0 Å². The SMILES string of the molecule is Cc1cc(Nc2cc(C3CC3)n[nH]2)nc(NCCc2cc(-c3ccccc3)no2)n1. The molecule has 3 heterocycles. The van der Waals surface area contributed by atoms with Crippen LogP contribution in [0.5, 0.6) is 0 Å². The van der Waals surface area contributed by atoms with Gasteiger partial charge in [0.15, 0.2) is 0 Å². The van der Waals surface area contributed by atoms with Crippen LogP contribution in [0, 0.1) is 6.92 Å². The highest BCUT2D eigenvalue weighted by atomic mass is 16.5. The van der Waals surface area contributed by atoms with Gasteiger partial charge in [-0.1, -0.05) is 35.5 Å². The second-order valence-corrected chi connectivity index (χ2v) is 7.55. The van der Waals surface area contributed by atoms with Crippen LogP contribution in [0.15, 0.2) is 53.1 Å². The predicted molar refractivity (Wildman–Crippen MR) is 115 cm³/mol. The van der Waals surface area contributed by atoms with E-state index in [1.54, 1.807) is 0 Å². The van der Waals surface area contributed by atoms with Gasteiger partial charge >= 0.3 is 0 Å². The average molecular weight is 401 g/mol. The normalized spacial score (nSPS) is 13.4. The van der Waals surface area contributed by atoms with Gasteiger partial charge < -0.3 is 15.2 Å². The van der Waals surface area contributed by atoms with Crippen molar-refractivity contribution in [1.82, 2.24) is 25.3 Å². The Morgan fingerprint density at radius 3 is 2.80 bits per heavy atom. The molecule has 8 nitrogen and oxygen atoms in total. The minimum atomic E-state index is 0.572. The van der Waals surface area contributed by atoms with Crippen molar-refractivity contribution in [1.29, 1.82) is 0 Å². The molecule has 30 heavy (non-hydrogen) atoms. The molecule has 0 saturated heterocycles. The zero-order chi connectivity index (χ0) is 20.3. The monoisotopic (exact) mass is 401 g/mol. The van der Waals surface area contributed by atoms with Crippen LogP contribution in [0.2, 0.25) is 0 Å². The predicted octanol–water partition coefficient (Wildman–Crippen LogP) is 4.44. The molecule has 1 aliphatic carbocycles. The lowest BCUT2D eigenvalue weighted by Gasteiger charge is -2.08. The van der Waals surface area contributed by atoms with Crippen LogP contribution in [0.3, 0.4) is 0 Å². The Labute approximate surface area is 174 Å². The molecular formula is C22H23N7O. The zero-order valence-corrected chi connectivity index (χ0v) is 16.7. The summed E-state index contributed by atoms with van der Waals surface area (Å²) in [5.74, 6) is 3.57. The number of aromatic nitrogens is 5. The van der Waals surface area contributed by atoms with Crippen molar-refractivity contribution < 1.29 is 4.52 Å². The lowest BCUT2D eigenvalue weighted by molar-refractivity contribution is 0.387. The molecule has 8 heteroatoms. The Hall–Kier alpha value is -3.68. The number of nitrogens with zero attached hydrogens (tertiary/aromatic N) is 4. The van der Waals surface area contributed by atoms with Crippen molar-refractivity contribution in [2.75, 3.05) is 17.2 Å². The summed E-state index contributed by atoms with van der Waals surface area (Å²) in [6.07, 6.45) is 3.14. The minimum Gasteiger partial charge on any atom is -0.361 e. The van der Waals surface area contributed by atoms with Crippen LogP contribution in [0.25, 0.3) is 11.3 Å². The maximum absolute atomic E-state index is 5.46. The summed E-state index contributed by atoms with van der Waals surface area (Å²) in [4.78, 5) is 9.02. The minimum absolute atomic E-state index is 0.572. The molecule has 3 N–H and O–H groups in total. The number of rotatable bonds is 8. The molecule has 0 bridgehead atoms. The van der Waals surface area contributed by atoms with E-state index in [1.807, 2.05) is 49.4 Å². The van der Waals surface area contributed by atoms with Gasteiger partial charge in [-0.3, -0.25) is 5.10 Å². The van der Waals surface area contributed by atoms with Crippen molar-refractivity contribution in [2.45, 2.75) is 32.1 Å². The van der Waals surface area contributed by atoms with Gasteiger partial charge in [-0.2, -0.15) is 10.1 Å². The molecule has 0 radical (unpaired) electrons. The van der Waals surface area contributed by atoms with E-state index in [-0.39, 0.29) is 0 Å². The Morgan fingerprint density at radius 2 is 1.97 bits per heavy atom. The molecule has 5 rings (SSSR count). The highest BCUT2D eigenvalue weighted by Crippen LogP contribution is 2.39. The van der Waals surface area contributed by atoms with Crippen molar-refractivity contribution in [3.05, 3.63) is 65.7 Å². The van der Waals surface area contributed by atoms with E-state index >= 15 is 0 Å². The topological polar surface area (TPSA) is 105 Å². The first-order valence-electron chi connectivity index (χ1n) is 10.2. The summed E-state index contributed by atoms with van der Waals surface area (Å²) in [5.41, 5.74) is 3.88. The first kappa shape index (κ1) is 18.4. The number of nitrogens with one attached hydrogen (secondary N) is 3. The zero-order valence-electron chi connectivity index (χ0n) is 16.7. The van der Waals surface area contributed by atoms with Crippen LogP contribution < -0.4 is 10.6 Å². The highest BCUT2D eigenvalue weighted by Gasteiger charge is 2.26. The fraction of sp³-hybridized carbons (Fsp3) is 0.273. The third-order valence-electron chi connectivity index (χ3n) is 4.99. The van der Waals surface area contributed by atoms with Gasteiger partial charge in [0.2, 0.25) is 5.95 Å². The Balaban J connectivity index is 1.19. The van der Waals surface area contributed by atoms with E-state index in [4.69, 9.17) is 4.52 Å². The smallest absolute Gasteiger partial charge is 0.224 e. The van der Waals surface area contributed by atoms with E-state index < -0.39 is 0 Å². The molecule has 1 saturated carbocycles. The fourth-order valence-corrected chi connectivity index (χ4v) is 3.31. The van der Waals surface area contributed by atoms with Crippen molar-refractivity contribution in [3.63, 3.8) is 0 Å². The van der Waals surface area contributed by atoms with Crippen molar-refractivity contribution >= 4 is 17.6 Å². The number of benzene rings is 1. The molecule has 0 unspecified atom stereocenters. The lowest BCUT2D eigenvalue weighted by Crippen LogP contribution is -2.09. The quantitative estimate of drug-likeness (QED) is 0.401. The van der Waals surface area contributed by atoms with Crippen molar-refractivity contribution in [2.24, 2.45) is 0 Å². The molecule has 0 atom stereocenters. The molecule has 1 aliphatic rings. The summed E-state index contributed by atoms with van der Waals surface area (Å²) < 4.78 is 5.46. The van der Waals surface area contributed by atoms with Gasteiger partial charge in [-0.25, -0.2) is 4.98 Å². The van der Waals surface area contributed by atoms with Crippen LogP contribution in [-0.2, 0) is 6.42 Å². The van der Waals surface area contributed by atoms with E-state index in [0.717, 1.165) is 40.0 Å². The summed E-state index contributed by atoms with van der Waals surface area (Å²) in [6, 6.07) is 15.9. The molecule has 3 aromatic heterocycles. The molecule has 1 fully saturated rings. The molecule has 0 spiro atoms. The summed E-state index contributed by atoms with van der Waals surface area (Å²) in [7, 11) is 0. The second kappa shape index (κ2) is 7.98. The van der Waals surface area contributed by atoms with Gasteiger partial charge in [-0.15, -0.1) is 0 Å². The van der Waals surface area contributed by atoms with E-state index in [9.17, 15) is 0 Å². The third-order valence-corrected chi connectivity index (χ3v) is 4.99. The average Bonchev–Trinajstić information content (AvgIpc) is 3.31. The van der Waals surface area contributed by atoms with Crippen LogP contribution in [0.4, 0.5) is 17.6 Å². The Morgan fingerprint density at radius 1 is 1.10 bits per heavy atom. The third kappa shape index (κ3) is 4.32. The van der Waals surface area contributed by atoms with Gasteiger partial charge in [-0.05, 0) is 19.8 Å². The summed E-state index contributed by atoms with van der Waals surface area (Å²) in [6.45, 7) is 2.59. The Bertz CT molecular complexity index is 1130. The second-order valence-electron chi connectivity index (χ2n) is 7.55. The van der Waals surface area contributed by atoms with Crippen LogP contribution in [-0.4, -0.2) is 31.9 Å². The van der Waals surface area contributed by atoms with E-state index in [0.29, 0.717) is 24.8 Å². The molecular weight excluding hydrogens is 378 g/mol. The molecule has 0 aliphatic heterocycles. The first-order chi connectivity index (χ1) is 14.7. The number of anilines is 3. The van der Waals surface area contributed by atoms with Gasteiger partial charge in [0.25, 0.3) is 0 Å². The first-order valence-corrected chi connectivity index (χ1v) is 10.2. The molecule has 1 aromatic carbocycles. The number of hydrogen-bond acceptors (Lipinski definition) is 7. The van der Waals surface area contributed by atoms with Gasteiger partial charge in [0.1, 0.15) is 23.1 Å². The standard InChI is InChI=1S/C22H23N7O/c1-14-11-20(25-21-13-18(27-28-21)16-7-8-16)26-22(24-14)23-10-9-17-12-19(29-30-17)15-5-3-2-4-6-15/h2-6,11-13,16H,7-10H2,1H3,(H3,23,24,25,26,27,28). The van der Waals surface area contributed by atoms with Gasteiger partial charge in [0.05, 0.1) is 5.69 Å². The summed E-state index contributed by atoms with van der Waals surface area (Å²) >= 11 is 0. The Kier molecular flexibility index (Phi) is 4.88. The number of aryl methyl sites for hydroxylation is 1. The number of H-pyrrole nitrogens is 1. The fourth-order valence-electron chi connectivity index (χ4n) is 3.31.